The number of rotatable bonds is 4. The third-order valence-corrected chi connectivity index (χ3v) is 3.75. The Morgan fingerprint density at radius 1 is 1.10 bits per heavy atom. The van der Waals surface area contributed by atoms with Crippen LogP contribution in [0.5, 0.6) is 0 Å². The van der Waals surface area contributed by atoms with Crippen LogP contribution in [0.1, 0.15) is 17.5 Å². The van der Waals surface area contributed by atoms with Crippen LogP contribution >= 0.6 is 0 Å². The second-order valence-electron chi connectivity index (χ2n) is 5.74. The summed E-state index contributed by atoms with van der Waals surface area (Å²) in [6.07, 6.45) is 0.566. The molecule has 0 spiro atoms. The molecule has 0 radical (unpaired) electrons. The summed E-state index contributed by atoms with van der Waals surface area (Å²) in [6.45, 7) is 8.57. The summed E-state index contributed by atoms with van der Waals surface area (Å²) in [5.41, 5.74) is 3.60. The standard InChI is InChI=1S/C16H25N3O/c1-13-10-14(2)12-15(11-13)17-5-4-16(20)19-8-6-18(3)7-9-19/h10-12,17H,4-9H2,1-3H3. The Balaban J connectivity index is 1.76. The fraction of sp³-hybridized carbons (Fsp3) is 0.562. The molecule has 1 heterocycles. The molecule has 1 amide bonds. The van der Waals surface area contributed by atoms with Crippen LogP contribution in [0.3, 0.4) is 0 Å². The maximum absolute atomic E-state index is 12.1. The van der Waals surface area contributed by atoms with Gasteiger partial charge >= 0.3 is 0 Å². The lowest BCUT2D eigenvalue weighted by molar-refractivity contribution is -0.132. The van der Waals surface area contributed by atoms with Crippen molar-refractivity contribution >= 4 is 11.6 Å². The Morgan fingerprint density at radius 3 is 2.30 bits per heavy atom. The zero-order chi connectivity index (χ0) is 14.5. The summed E-state index contributed by atoms with van der Waals surface area (Å²) in [7, 11) is 2.10. The van der Waals surface area contributed by atoms with E-state index in [0.29, 0.717) is 13.0 Å². The van der Waals surface area contributed by atoms with Gasteiger partial charge in [-0.15, -0.1) is 0 Å². The number of hydrogen-bond acceptors (Lipinski definition) is 3. The monoisotopic (exact) mass is 275 g/mol. The molecule has 0 unspecified atom stereocenters. The van der Waals surface area contributed by atoms with Gasteiger partial charge in [0.05, 0.1) is 0 Å². The minimum absolute atomic E-state index is 0.259. The fourth-order valence-corrected chi connectivity index (χ4v) is 2.60. The van der Waals surface area contributed by atoms with Crippen LogP contribution < -0.4 is 5.32 Å². The van der Waals surface area contributed by atoms with Gasteiger partial charge in [-0.3, -0.25) is 4.79 Å². The van der Waals surface area contributed by atoms with Gasteiger partial charge < -0.3 is 15.1 Å². The number of nitrogens with zero attached hydrogens (tertiary/aromatic N) is 2. The molecular weight excluding hydrogens is 250 g/mol. The Bertz CT molecular complexity index is 445. The molecule has 0 aliphatic carbocycles. The van der Waals surface area contributed by atoms with E-state index in [1.165, 1.54) is 11.1 Å². The summed E-state index contributed by atoms with van der Waals surface area (Å²) in [5, 5.41) is 3.35. The first-order chi connectivity index (χ1) is 9.54. The van der Waals surface area contributed by atoms with Crippen LogP contribution in [0.4, 0.5) is 5.69 Å². The Morgan fingerprint density at radius 2 is 1.70 bits per heavy atom. The van der Waals surface area contributed by atoms with Crippen LogP contribution in [0, 0.1) is 13.8 Å². The van der Waals surface area contributed by atoms with Crippen molar-refractivity contribution < 1.29 is 4.79 Å². The average Bonchev–Trinajstić information content (AvgIpc) is 2.38. The van der Waals surface area contributed by atoms with Crippen LogP contribution in [-0.2, 0) is 4.79 Å². The number of nitrogens with one attached hydrogen (secondary N) is 1. The van der Waals surface area contributed by atoms with E-state index in [9.17, 15) is 4.79 Å². The minimum Gasteiger partial charge on any atom is -0.385 e. The van der Waals surface area contributed by atoms with E-state index in [0.717, 1.165) is 31.9 Å². The normalized spacial score (nSPS) is 16.2. The number of hydrogen-bond donors (Lipinski definition) is 1. The molecule has 1 fully saturated rings. The molecule has 1 N–H and O–H groups in total. The lowest BCUT2D eigenvalue weighted by Crippen LogP contribution is -2.47. The van der Waals surface area contributed by atoms with Crippen molar-refractivity contribution in [1.82, 2.24) is 9.80 Å². The van der Waals surface area contributed by atoms with Gasteiger partial charge in [-0.05, 0) is 44.2 Å². The van der Waals surface area contributed by atoms with Crippen molar-refractivity contribution in [3.8, 4) is 0 Å². The zero-order valence-electron chi connectivity index (χ0n) is 12.8. The Kier molecular flexibility index (Phi) is 5.01. The molecule has 4 heteroatoms. The maximum atomic E-state index is 12.1. The van der Waals surface area contributed by atoms with Gasteiger partial charge in [0.2, 0.25) is 5.91 Å². The molecule has 110 valence electrons. The van der Waals surface area contributed by atoms with Gasteiger partial charge in [-0.1, -0.05) is 6.07 Å². The molecule has 20 heavy (non-hydrogen) atoms. The van der Waals surface area contributed by atoms with Crippen molar-refractivity contribution in [2.75, 3.05) is 45.1 Å². The van der Waals surface area contributed by atoms with Crippen molar-refractivity contribution in [3.63, 3.8) is 0 Å². The predicted molar refractivity (Wildman–Crippen MR) is 83.1 cm³/mol. The molecule has 4 nitrogen and oxygen atoms in total. The molecule has 1 aliphatic rings. The van der Waals surface area contributed by atoms with Gasteiger partial charge in [0.1, 0.15) is 0 Å². The van der Waals surface area contributed by atoms with Gasteiger partial charge in [0, 0.05) is 44.8 Å². The van der Waals surface area contributed by atoms with Crippen molar-refractivity contribution in [1.29, 1.82) is 0 Å². The van der Waals surface area contributed by atoms with Gasteiger partial charge in [-0.25, -0.2) is 0 Å². The highest BCUT2D eigenvalue weighted by molar-refractivity contribution is 5.76. The highest BCUT2D eigenvalue weighted by Gasteiger charge is 2.18. The summed E-state index contributed by atoms with van der Waals surface area (Å²) in [6, 6.07) is 6.39. The van der Waals surface area contributed by atoms with E-state index in [1.807, 2.05) is 4.90 Å². The Hall–Kier alpha value is -1.55. The third kappa shape index (κ3) is 4.23. The predicted octanol–water partition coefficient (Wildman–Crippen LogP) is 1.88. The molecule has 2 rings (SSSR count). The van der Waals surface area contributed by atoms with Gasteiger partial charge in [0.25, 0.3) is 0 Å². The smallest absolute Gasteiger partial charge is 0.224 e. The highest BCUT2D eigenvalue weighted by atomic mass is 16.2. The maximum Gasteiger partial charge on any atom is 0.224 e. The quantitative estimate of drug-likeness (QED) is 0.911. The number of benzene rings is 1. The SMILES string of the molecule is Cc1cc(C)cc(NCCC(=O)N2CCN(C)CC2)c1. The molecule has 1 saturated heterocycles. The number of aryl methyl sites for hydroxylation is 2. The van der Waals surface area contributed by atoms with E-state index in [4.69, 9.17) is 0 Å². The largest absolute Gasteiger partial charge is 0.385 e. The van der Waals surface area contributed by atoms with Gasteiger partial charge in [0.15, 0.2) is 0 Å². The van der Waals surface area contributed by atoms with Crippen LogP contribution in [0.15, 0.2) is 18.2 Å². The van der Waals surface area contributed by atoms with E-state index >= 15 is 0 Å². The van der Waals surface area contributed by atoms with Crippen molar-refractivity contribution in [3.05, 3.63) is 29.3 Å². The summed E-state index contributed by atoms with van der Waals surface area (Å²) in [4.78, 5) is 16.3. The number of likely N-dealkylation sites (N-methyl/N-ethyl adjacent to an activating group) is 1. The topological polar surface area (TPSA) is 35.6 Å². The summed E-state index contributed by atoms with van der Waals surface area (Å²) < 4.78 is 0. The molecule has 0 saturated carbocycles. The lowest BCUT2D eigenvalue weighted by atomic mass is 10.1. The second kappa shape index (κ2) is 6.75. The number of anilines is 1. The lowest BCUT2D eigenvalue weighted by Gasteiger charge is -2.32. The number of carbonyl (C=O) groups is 1. The highest BCUT2D eigenvalue weighted by Crippen LogP contribution is 2.13. The Labute approximate surface area is 121 Å². The molecule has 0 aromatic heterocycles. The van der Waals surface area contributed by atoms with Crippen LogP contribution in [-0.4, -0.2) is 55.5 Å². The molecule has 0 bridgehead atoms. The molecule has 0 atom stereocenters. The van der Waals surface area contributed by atoms with Gasteiger partial charge in [-0.2, -0.15) is 0 Å². The molecule has 1 aromatic carbocycles. The second-order valence-corrected chi connectivity index (χ2v) is 5.74. The fourth-order valence-electron chi connectivity index (χ4n) is 2.60. The number of piperazine rings is 1. The summed E-state index contributed by atoms with van der Waals surface area (Å²) >= 11 is 0. The molecular formula is C16H25N3O. The minimum atomic E-state index is 0.259. The van der Waals surface area contributed by atoms with Crippen LogP contribution in [0.2, 0.25) is 0 Å². The number of carbonyl (C=O) groups excluding carboxylic acids is 1. The van der Waals surface area contributed by atoms with Crippen molar-refractivity contribution in [2.24, 2.45) is 0 Å². The van der Waals surface area contributed by atoms with E-state index in [1.54, 1.807) is 0 Å². The third-order valence-electron chi connectivity index (χ3n) is 3.75. The van der Waals surface area contributed by atoms with Crippen molar-refractivity contribution in [2.45, 2.75) is 20.3 Å². The first-order valence-electron chi connectivity index (χ1n) is 7.33. The van der Waals surface area contributed by atoms with E-state index < -0.39 is 0 Å². The summed E-state index contributed by atoms with van der Waals surface area (Å²) in [5.74, 6) is 0.259. The molecule has 1 aromatic rings. The van der Waals surface area contributed by atoms with Crippen LogP contribution in [0.25, 0.3) is 0 Å². The van der Waals surface area contributed by atoms with E-state index in [-0.39, 0.29) is 5.91 Å². The zero-order valence-corrected chi connectivity index (χ0v) is 12.8. The number of amides is 1. The first kappa shape index (κ1) is 14.9. The average molecular weight is 275 g/mol. The van der Waals surface area contributed by atoms with E-state index in [2.05, 4.69) is 49.3 Å². The molecule has 1 aliphatic heterocycles. The first-order valence-corrected chi connectivity index (χ1v) is 7.33.